The largest absolute Gasteiger partial charge is 0.467 e. The molecule has 0 rings (SSSR count). The average Bonchev–Trinajstić information content (AvgIpc) is 2.21. The topological polar surface area (TPSA) is 65.0 Å². The Morgan fingerprint density at radius 3 is 2.79 bits per heavy atom. The molecular formula is C9H15NO4. The van der Waals surface area contributed by atoms with Gasteiger partial charge in [-0.25, -0.2) is 9.59 Å². The Morgan fingerprint density at radius 1 is 1.57 bits per heavy atom. The Hall–Kier alpha value is -1.19. The van der Waals surface area contributed by atoms with Gasteiger partial charge in [-0.2, -0.15) is 4.99 Å². The number of methoxy groups -OCH3 is 1. The van der Waals surface area contributed by atoms with Crippen molar-refractivity contribution in [1.29, 1.82) is 0 Å². The summed E-state index contributed by atoms with van der Waals surface area (Å²) in [5.74, 6) is -0.579. The van der Waals surface area contributed by atoms with Crippen molar-refractivity contribution in [3.8, 4) is 0 Å². The van der Waals surface area contributed by atoms with E-state index in [4.69, 9.17) is 4.74 Å². The fourth-order valence-electron chi connectivity index (χ4n) is 0.799. The van der Waals surface area contributed by atoms with Crippen molar-refractivity contribution < 1.29 is 19.1 Å². The third-order valence-corrected chi connectivity index (χ3v) is 1.60. The lowest BCUT2D eigenvalue weighted by molar-refractivity contribution is -0.143. The Kier molecular flexibility index (Phi) is 7.70. The molecule has 0 aromatic rings. The van der Waals surface area contributed by atoms with Crippen LogP contribution in [-0.2, 0) is 19.1 Å². The average molecular weight is 201 g/mol. The van der Waals surface area contributed by atoms with Crippen molar-refractivity contribution in [2.75, 3.05) is 20.3 Å². The zero-order valence-corrected chi connectivity index (χ0v) is 8.49. The molecule has 0 unspecified atom stereocenters. The lowest BCUT2D eigenvalue weighted by Crippen LogP contribution is -2.25. The fourth-order valence-corrected chi connectivity index (χ4v) is 0.799. The van der Waals surface area contributed by atoms with Gasteiger partial charge in [-0.05, 0) is 6.42 Å². The highest BCUT2D eigenvalue weighted by Crippen LogP contribution is 1.96. The van der Waals surface area contributed by atoms with E-state index in [1.807, 2.05) is 6.92 Å². The highest BCUT2D eigenvalue weighted by molar-refractivity contribution is 5.76. The number of esters is 1. The molecule has 0 radical (unpaired) electrons. The molecule has 0 aliphatic heterocycles. The summed E-state index contributed by atoms with van der Waals surface area (Å²) in [7, 11) is 1.24. The van der Waals surface area contributed by atoms with E-state index in [2.05, 4.69) is 9.73 Å². The van der Waals surface area contributed by atoms with Gasteiger partial charge in [0.25, 0.3) is 0 Å². The minimum absolute atomic E-state index is 0.0713. The first-order chi connectivity index (χ1) is 6.76. The molecule has 0 fully saturated rings. The first-order valence-electron chi connectivity index (χ1n) is 4.48. The molecule has 5 nitrogen and oxygen atoms in total. The number of hydrogen-bond acceptors (Lipinski definition) is 5. The van der Waals surface area contributed by atoms with E-state index in [9.17, 15) is 9.59 Å². The first-order valence-corrected chi connectivity index (χ1v) is 4.48. The van der Waals surface area contributed by atoms with Gasteiger partial charge in [-0.15, -0.1) is 0 Å². The molecule has 14 heavy (non-hydrogen) atoms. The first kappa shape index (κ1) is 12.8. The van der Waals surface area contributed by atoms with Crippen molar-refractivity contribution in [1.82, 2.24) is 0 Å². The molecule has 0 amide bonds. The second-order valence-electron chi connectivity index (χ2n) is 2.69. The van der Waals surface area contributed by atoms with Crippen LogP contribution in [-0.4, -0.2) is 38.4 Å². The predicted octanol–water partition coefficient (Wildman–Crippen LogP) is 0.680. The monoisotopic (exact) mass is 201 g/mol. The molecule has 0 saturated carbocycles. The van der Waals surface area contributed by atoms with Crippen molar-refractivity contribution >= 4 is 12.0 Å². The van der Waals surface area contributed by atoms with Gasteiger partial charge >= 0.3 is 5.97 Å². The van der Waals surface area contributed by atoms with Gasteiger partial charge < -0.3 is 9.47 Å². The lowest BCUT2D eigenvalue weighted by Gasteiger charge is -2.08. The molecule has 0 spiro atoms. The van der Waals surface area contributed by atoms with E-state index in [0.717, 1.165) is 12.8 Å². The molecule has 0 aliphatic rings. The summed E-state index contributed by atoms with van der Waals surface area (Å²) in [5.41, 5.74) is 0. The highest BCUT2D eigenvalue weighted by Gasteiger charge is 2.17. The molecule has 0 N–H and O–H groups in total. The predicted molar refractivity (Wildman–Crippen MR) is 49.7 cm³/mol. The third kappa shape index (κ3) is 5.45. The van der Waals surface area contributed by atoms with E-state index in [0.29, 0.717) is 6.61 Å². The third-order valence-electron chi connectivity index (χ3n) is 1.60. The molecule has 0 saturated heterocycles. The van der Waals surface area contributed by atoms with Crippen molar-refractivity contribution in [3.63, 3.8) is 0 Å². The summed E-state index contributed by atoms with van der Waals surface area (Å²) in [4.78, 5) is 24.2. The maximum atomic E-state index is 11.0. The zero-order valence-electron chi connectivity index (χ0n) is 8.49. The number of rotatable bonds is 7. The Bertz CT molecular complexity index is 211. The van der Waals surface area contributed by atoms with Gasteiger partial charge in [0.2, 0.25) is 6.08 Å². The van der Waals surface area contributed by atoms with E-state index in [1.54, 1.807) is 0 Å². The molecule has 1 atom stereocenters. The quantitative estimate of drug-likeness (QED) is 0.263. The SMILES string of the molecule is CCCCOC[C@H](N=C=O)C(=O)OC. The van der Waals surface area contributed by atoms with Crippen LogP contribution in [0.5, 0.6) is 0 Å². The van der Waals surface area contributed by atoms with Crippen LogP contribution in [0.25, 0.3) is 0 Å². The van der Waals surface area contributed by atoms with Crippen molar-refractivity contribution in [2.24, 2.45) is 4.99 Å². The van der Waals surface area contributed by atoms with E-state index in [-0.39, 0.29) is 6.61 Å². The molecule has 0 aromatic carbocycles. The van der Waals surface area contributed by atoms with Gasteiger partial charge in [0, 0.05) is 6.61 Å². The van der Waals surface area contributed by atoms with Crippen LogP contribution in [0.1, 0.15) is 19.8 Å². The van der Waals surface area contributed by atoms with Crippen molar-refractivity contribution in [3.05, 3.63) is 0 Å². The molecule has 5 heteroatoms. The van der Waals surface area contributed by atoms with Gasteiger partial charge in [0.15, 0.2) is 6.04 Å². The minimum atomic E-state index is -0.880. The van der Waals surface area contributed by atoms with Crippen LogP contribution < -0.4 is 0 Å². The normalized spacial score (nSPS) is 11.6. The van der Waals surface area contributed by atoms with Crippen LogP contribution in [0.4, 0.5) is 0 Å². The van der Waals surface area contributed by atoms with Crippen LogP contribution in [0.2, 0.25) is 0 Å². The van der Waals surface area contributed by atoms with Crippen LogP contribution in [0.15, 0.2) is 4.99 Å². The number of carbonyl (C=O) groups excluding carboxylic acids is 2. The van der Waals surface area contributed by atoms with E-state index >= 15 is 0 Å². The van der Waals surface area contributed by atoms with Gasteiger partial charge in [-0.1, -0.05) is 13.3 Å². The second-order valence-corrected chi connectivity index (χ2v) is 2.69. The Labute approximate surface area is 83.1 Å². The lowest BCUT2D eigenvalue weighted by atomic mass is 10.3. The van der Waals surface area contributed by atoms with Gasteiger partial charge in [-0.3, -0.25) is 0 Å². The molecule has 80 valence electrons. The van der Waals surface area contributed by atoms with E-state index in [1.165, 1.54) is 13.2 Å². The van der Waals surface area contributed by atoms with Crippen molar-refractivity contribution in [2.45, 2.75) is 25.8 Å². The molecular weight excluding hydrogens is 186 g/mol. The fraction of sp³-hybridized carbons (Fsp3) is 0.778. The zero-order chi connectivity index (χ0) is 10.8. The van der Waals surface area contributed by atoms with Crippen LogP contribution in [0.3, 0.4) is 0 Å². The molecule has 0 aromatic heterocycles. The summed E-state index contributed by atoms with van der Waals surface area (Å²) in [6.45, 7) is 2.66. The number of aliphatic imine (C=N–C) groups is 1. The molecule has 0 heterocycles. The summed E-state index contributed by atoms with van der Waals surface area (Å²) >= 11 is 0. The van der Waals surface area contributed by atoms with E-state index < -0.39 is 12.0 Å². The number of carbonyl (C=O) groups is 1. The second kappa shape index (κ2) is 8.41. The molecule has 0 aliphatic carbocycles. The summed E-state index contributed by atoms with van der Waals surface area (Å²) < 4.78 is 9.57. The summed E-state index contributed by atoms with van der Waals surface area (Å²) in [5, 5.41) is 0. The Balaban J connectivity index is 3.85. The standard InChI is InChI=1S/C9H15NO4/c1-3-4-5-14-6-8(10-7-11)9(12)13-2/h8H,3-6H2,1-2H3/t8-/m0/s1. The van der Waals surface area contributed by atoms with Crippen LogP contribution in [0, 0.1) is 0 Å². The summed E-state index contributed by atoms with van der Waals surface area (Å²) in [6.07, 6.45) is 3.25. The number of unbranched alkanes of at least 4 members (excludes halogenated alkanes) is 1. The number of nitrogens with zero attached hydrogens (tertiary/aromatic N) is 1. The smallest absolute Gasteiger partial charge is 0.333 e. The van der Waals surface area contributed by atoms with Crippen LogP contribution >= 0.6 is 0 Å². The summed E-state index contributed by atoms with van der Waals surface area (Å²) in [6, 6.07) is -0.880. The Morgan fingerprint density at radius 2 is 2.29 bits per heavy atom. The maximum absolute atomic E-state index is 11.0. The van der Waals surface area contributed by atoms with Gasteiger partial charge in [0.1, 0.15) is 0 Å². The number of isocyanates is 1. The maximum Gasteiger partial charge on any atom is 0.333 e. The number of hydrogen-bond donors (Lipinski definition) is 0. The minimum Gasteiger partial charge on any atom is -0.467 e. The number of ether oxygens (including phenoxy) is 2. The highest BCUT2D eigenvalue weighted by atomic mass is 16.5. The van der Waals surface area contributed by atoms with Gasteiger partial charge in [0.05, 0.1) is 13.7 Å². The molecule has 0 bridgehead atoms.